The molecule has 0 bridgehead atoms. The second-order valence-electron chi connectivity index (χ2n) is 3.96. The highest BCUT2D eigenvalue weighted by Gasteiger charge is 2.10. The number of carbonyl (C=O) groups excluding carboxylic acids is 1. The van der Waals surface area contributed by atoms with Crippen molar-refractivity contribution in [3.05, 3.63) is 29.8 Å². The third-order valence-corrected chi connectivity index (χ3v) is 2.57. The first kappa shape index (κ1) is 12.7. The molecule has 1 atom stereocenters. The Bertz CT molecular complexity index is 319. The van der Waals surface area contributed by atoms with E-state index in [2.05, 4.69) is 29.7 Å². The third-order valence-electron chi connectivity index (χ3n) is 2.57. The zero-order valence-corrected chi connectivity index (χ0v) is 9.99. The minimum absolute atomic E-state index is 0.167. The smallest absolute Gasteiger partial charge is 0.136 e. The Morgan fingerprint density at radius 2 is 2.31 bits per heavy atom. The molecule has 3 heteroatoms. The molecule has 16 heavy (non-hydrogen) atoms. The average Bonchev–Trinajstić information content (AvgIpc) is 2.82. The number of nitrogens with one attached hydrogen (secondary N) is 2. The van der Waals surface area contributed by atoms with Crippen LogP contribution in [0.25, 0.3) is 0 Å². The topological polar surface area (TPSA) is 41.1 Å². The van der Waals surface area contributed by atoms with E-state index in [0.717, 1.165) is 25.7 Å². The predicted molar refractivity (Wildman–Crippen MR) is 67.8 cm³/mol. The Morgan fingerprint density at radius 3 is 2.69 bits per heavy atom. The number of anilines is 1. The number of aldehydes is 1. The van der Waals surface area contributed by atoms with Crippen LogP contribution in [0.3, 0.4) is 0 Å². The number of benzene rings is 1. The number of aryl methyl sites for hydroxylation is 1. The maximum atomic E-state index is 9.94. The van der Waals surface area contributed by atoms with Gasteiger partial charge in [-0.25, -0.2) is 0 Å². The van der Waals surface area contributed by atoms with Gasteiger partial charge in [0.1, 0.15) is 6.29 Å². The SMILES string of the molecule is CNc1cccc(C)c1.O=CC1CCCN1. The van der Waals surface area contributed by atoms with E-state index in [-0.39, 0.29) is 6.04 Å². The van der Waals surface area contributed by atoms with Crippen molar-refractivity contribution in [3.63, 3.8) is 0 Å². The molecule has 1 aromatic carbocycles. The van der Waals surface area contributed by atoms with E-state index >= 15 is 0 Å². The monoisotopic (exact) mass is 220 g/mol. The summed E-state index contributed by atoms with van der Waals surface area (Å²) in [6, 6.07) is 8.45. The Morgan fingerprint density at radius 1 is 1.50 bits per heavy atom. The van der Waals surface area contributed by atoms with Crippen molar-refractivity contribution in [2.45, 2.75) is 25.8 Å². The van der Waals surface area contributed by atoms with E-state index in [9.17, 15) is 4.79 Å². The van der Waals surface area contributed by atoms with E-state index in [1.807, 2.05) is 19.2 Å². The lowest BCUT2D eigenvalue weighted by molar-refractivity contribution is -0.109. The number of rotatable bonds is 2. The molecule has 0 radical (unpaired) electrons. The molecule has 1 heterocycles. The number of hydrogen-bond acceptors (Lipinski definition) is 3. The highest BCUT2D eigenvalue weighted by atomic mass is 16.1. The van der Waals surface area contributed by atoms with Crippen molar-refractivity contribution in [2.24, 2.45) is 0 Å². The van der Waals surface area contributed by atoms with Gasteiger partial charge in [-0.2, -0.15) is 0 Å². The normalized spacial score (nSPS) is 18.5. The summed E-state index contributed by atoms with van der Waals surface area (Å²) in [5, 5.41) is 6.11. The Hall–Kier alpha value is -1.35. The molecule has 1 fully saturated rings. The van der Waals surface area contributed by atoms with Gasteiger partial charge in [0.05, 0.1) is 6.04 Å². The summed E-state index contributed by atoms with van der Waals surface area (Å²) in [5.41, 5.74) is 2.47. The van der Waals surface area contributed by atoms with E-state index in [1.54, 1.807) is 0 Å². The van der Waals surface area contributed by atoms with Crippen LogP contribution in [-0.2, 0) is 4.79 Å². The third kappa shape index (κ3) is 4.45. The fourth-order valence-corrected chi connectivity index (χ4v) is 1.63. The first-order valence-electron chi connectivity index (χ1n) is 5.69. The van der Waals surface area contributed by atoms with Gasteiger partial charge in [0.25, 0.3) is 0 Å². The van der Waals surface area contributed by atoms with Crippen LogP contribution >= 0.6 is 0 Å². The molecule has 88 valence electrons. The van der Waals surface area contributed by atoms with Crippen LogP contribution in [0, 0.1) is 6.92 Å². The summed E-state index contributed by atoms with van der Waals surface area (Å²) in [5.74, 6) is 0. The molecule has 2 N–H and O–H groups in total. The van der Waals surface area contributed by atoms with Gasteiger partial charge in [-0.1, -0.05) is 12.1 Å². The Balaban J connectivity index is 0.000000165. The molecule has 0 spiro atoms. The second kappa shape index (κ2) is 7.01. The molecule has 2 rings (SSSR count). The molecule has 1 unspecified atom stereocenters. The van der Waals surface area contributed by atoms with Crippen molar-refractivity contribution < 1.29 is 4.79 Å². The van der Waals surface area contributed by atoms with Crippen LogP contribution < -0.4 is 10.6 Å². The maximum Gasteiger partial charge on any atom is 0.136 e. The van der Waals surface area contributed by atoms with Crippen LogP contribution in [0.5, 0.6) is 0 Å². The molecule has 1 saturated heterocycles. The van der Waals surface area contributed by atoms with Crippen molar-refractivity contribution >= 4 is 12.0 Å². The van der Waals surface area contributed by atoms with Crippen LogP contribution in [0.4, 0.5) is 5.69 Å². The lowest BCUT2D eigenvalue weighted by Gasteiger charge is -1.98. The van der Waals surface area contributed by atoms with Crippen LogP contribution in [-0.4, -0.2) is 25.9 Å². The van der Waals surface area contributed by atoms with Crippen LogP contribution in [0.2, 0.25) is 0 Å². The van der Waals surface area contributed by atoms with Gasteiger partial charge >= 0.3 is 0 Å². The van der Waals surface area contributed by atoms with Crippen molar-refractivity contribution in [2.75, 3.05) is 18.9 Å². The molecular weight excluding hydrogens is 200 g/mol. The average molecular weight is 220 g/mol. The molecule has 3 nitrogen and oxygen atoms in total. The largest absolute Gasteiger partial charge is 0.388 e. The van der Waals surface area contributed by atoms with Gasteiger partial charge < -0.3 is 15.4 Å². The van der Waals surface area contributed by atoms with E-state index in [4.69, 9.17) is 0 Å². The summed E-state index contributed by atoms with van der Waals surface area (Å²) in [6.45, 7) is 3.10. The predicted octanol–water partition coefficient (Wildman–Crippen LogP) is 1.97. The molecule has 0 aliphatic carbocycles. The van der Waals surface area contributed by atoms with Gasteiger partial charge in [0.15, 0.2) is 0 Å². The van der Waals surface area contributed by atoms with Crippen LogP contribution in [0.1, 0.15) is 18.4 Å². The van der Waals surface area contributed by atoms with Crippen molar-refractivity contribution in [1.29, 1.82) is 0 Å². The molecular formula is C13H20N2O. The quantitative estimate of drug-likeness (QED) is 0.749. The number of hydrogen-bond donors (Lipinski definition) is 2. The Kier molecular flexibility index (Phi) is 5.57. The summed E-state index contributed by atoms with van der Waals surface area (Å²) < 4.78 is 0. The highest BCUT2D eigenvalue weighted by Crippen LogP contribution is 2.07. The molecule has 1 aromatic rings. The fourth-order valence-electron chi connectivity index (χ4n) is 1.63. The van der Waals surface area contributed by atoms with Crippen molar-refractivity contribution in [1.82, 2.24) is 5.32 Å². The zero-order valence-electron chi connectivity index (χ0n) is 9.99. The lowest BCUT2D eigenvalue weighted by atomic mass is 10.2. The highest BCUT2D eigenvalue weighted by molar-refractivity contribution is 5.57. The van der Waals surface area contributed by atoms with E-state index in [1.165, 1.54) is 11.3 Å². The van der Waals surface area contributed by atoms with Gasteiger partial charge in [0, 0.05) is 12.7 Å². The summed E-state index contributed by atoms with van der Waals surface area (Å²) >= 11 is 0. The molecule has 0 aromatic heterocycles. The number of carbonyl (C=O) groups is 1. The van der Waals surface area contributed by atoms with Crippen molar-refractivity contribution in [3.8, 4) is 0 Å². The summed E-state index contributed by atoms with van der Waals surface area (Å²) in [7, 11) is 1.93. The van der Waals surface area contributed by atoms with Gasteiger partial charge in [-0.05, 0) is 44.0 Å². The summed E-state index contributed by atoms with van der Waals surface area (Å²) in [4.78, 5) is 9.94. The standard InChI is InChI=1S/C8H11N.C5H9NO/c1-7-4-3-5-8(6-7)9-2;7-4-5-2-1-3-6-5/h3-6,9H,1-2H3;4-6H,1-3H2. The summed E-state index contributed by atoms with van der Waals surface area (Å²) in [6.07, 6.45) is 3.17. The van der Waals surface area contributed by atoms with Gasteiger partial charge in [-0.15, -0.1) is 0 Å². The molecule has 0 saturated carbocycles. The first-order valence-corrected chi connectivity index (χ1v) is 5.69. The van der Waals surface area contributed by atoms with Gasteiger partial charge in [-0.3, -0.25) is 0 Å². The minimum atomic E-state index is 0.167. The van der Waals surface area contributed by atoms with E-state index in [0.29, 0.717) is 0 Å². The minimum Gasteiger partial charge on any atom is -0.388 e. The second-order valence-corrected chi connectivity index (χ2v) is 3.96. The van der Waals surface area contributed by atoms with E-state index < -0.39 is 0 Å². The lowest BCUT2D eigenvalue weighted by Crippen LogP contribution is -2.21. The zero-order chi connectivity index (χ0) is 11.8. The first-order chi connectivity index (χ1) is 7.76. The Labute approximate surface area is 97.2 Å². The maximum absolute atomic E-state index is 9.94. The molecule has 1 aliphatic rings. The van der Waals surface area contributed by atoms with Crippen LogP contribution in [0.15, 0.2) is 24.3 Å². The molecule has 0 amide bonds. The fraction of sp³-hybridized carbons (Fsp3) is 0.462. The van der Waals surface area contributed by atoms with Gasteiger partial charge in [0.2, 0.25) is 0 Å². The molecule has 1 aliphatic heterocycles.